The fourth-order valence-corrected chi connectivity index (χ4v) is 1.86. The lowest BCUT2D eigenvalue weighted by atomic mass is 10.1. The zero-order valence-electron chi connectivity index (χ0n) is 11.1. The van der Waals surface area contributed by atoms with Gasteiger partial charge in [0.15, 0.2) is 17.3 Å². The summed E-state index contributed by atoms with van der Waals surface area (Å²) in [5, 5.41) is 10.1. The van der Waals surface area contributed by atoms with Crippen LogP contribution in [0.4, 0.5) is 0 Å². The molecule has 0 atom stereocenters. The molecule has 4 heteroatoms. The van der Waals surface area contributed by atoms with E-state index in [-0.39, 0.29) is 30.1 Å². The van der Waals surface area contributed by atoms with Crippen molar-refractivity contribution < 1.29 is 14.6 Å². The predicted octanol–water partition coefficient (Wildman–Crippen LogP) is 2.50. The summed E-state index contributed by atoms with van der Waals surface area (Å²) in [4.78, 5) is 11.8. The molecule has 0 heterocycles. The third-order valence-electron chi connectivity index (χ3n) is 2.91. The van der Waals surface area contributed by atoms with Crippen LogP contribution in [0.2, 0.25) is 0 Å². The molecular weight excluding hydrogens is 254 g/mol. The van der Waals surface area contributed by atoms with Crippen LogP contribution in [0.25, 0.3) is 0 Å². The summed E-state index contributed by atoms with van der Waals surface area (Å²) in [7, 11) is 0. The summed E-state index contributed by atoms with van der Waals surface area (Å²) >= 11 is 0. The maximum atomic E-state index is 11.8. The summed E-state index contributed by atoms with van der Waals surface area (Å²) < 4.78 is 5.56. The molecule has 0 amide bonds. The topological polar surface area (TPSA) is 72.6 Å². The van der Waals surface area contributed by atoms with Crippen molar-refractivity contribution in [2.45, 2.75) is 13.0 Å². The number of benzene rings is 2. The Morgan fingerprint density at radius 1 is 1.10 bits per heavy atom. The van der Waals surface area contributed by atoms with Gasteiger partial charge in [-0.05, 0) is 24.2 Å². The van der Waals surface area contributed by atoms with Gasteiger partial charge in [-0.15, -0.1) is 0 Å². The first-order valence-electron chi connectivity index (χ1n) is 6.44. The quantitative estimate of drug-likeness (QED) is 0.792. The molecule has 0 unspecified atom stereocenters. The van der Waals surface area contributed by atoms with E-state index in [0.29, 0.717) is 12.4 Å². The molecule has 0 saturated heterocycles. The zero-order valence-corrected chi connectivity index (χ0v) is 11.1. The molecule has 104 valence electrons. The summed E-state index contributed by atoms with van der Waals surface area (Å²) in [6.07, 6.45) is 0.204. The number of Topliss-reactive ketones (excluding diaryl/α,β-unsaturated/α-hetero) is 1. The van der Waals surface area contributed by atoms with Crippen LogP contribution in [0.3, 0.4) is 0 Å². The number of rotatable bonds is 6. The van der Waals surface area contributed by atoms with Crippen molar-refractivity contribution in [1.29, 1.82) is 0 Å². The number of carbonyl (C=O) groups is 1. The molecule has 0 aliphatic rings. The summed E-state index contributed by atoms with van der Waals surface area (Å²) in [6.45, 7) is 0.594. The molecule has 0 aromatic heterocycles. The third kappa shape index (κ3) is 3.36. The van der Waals surface area contributed by atoms with Crippen LogP contribution in [0.5, 0.6) is 11.5 Å². The molecule has 0 fully saturated rings. The van der Waals surface area contributed by atoms with Crippen molar-refractivity contribution in [3.05, 3.63) is 59.7 Å². The molecule has 4 nitrogen and oxygen atoms in total. The van der Waals surface area contributed by atoms with Crippen LogP contribution in [0.15, 0.2) is 48.5 Å². The average molecular weight is 271 g/mol. The van der Waals surface area contributed by atoms with Crippen molar-refractivity contribution >= 4 is 5.78 Å². The lowest BCUT2D eigenvalue weighted by Crippen LogP contribution is -2.08. The number of hydrogen-bond donors (Lipinski definition) is 2. The number of carbonyl (C=O) groups excluding carboxylic acids is 1. The number of ether oxygens (including phenoxy) is 1. The Morgan fingerprint density at radius 3 is 2.55 bits per heavy atom. The van der Waals surface area contributed by atoms with E-state index < -0.39 is 0 Å². The Bertz CT molecular complexity index is 582. The summed E-state index contributed by atoms with van der Waals surface area (Å²) in [6, 6.07) is 14.5. The average Bonchev–Trinajstić information content (AvgIpc) is 2.47. The lowest BCUT2D eigenvalue weighted by Gasteiger charge is -2.10. The number of hydrogen-bond acceptors (Lipinski definition) is 4. The summed E-state index contributed by atoms with van der Waals surface area (Å²) in [5.74, 6) is -0.00577. The second-order valence-electron chi connectivity index (χ2n) is 4.39. The van der Waals surface area contributed by atoms with Crippen LogP contribution >= 0.6 is 0 Å². The highest BCUT2D eigenvalue weighted by Crippen LogP contribution is 2.31. The second-order valence-corrected chi connectivity index (χ2v) is 4.39. The van der Waals surface area contributed by atoms with E-state index in [1.165, 1.54) is 0 Å². The normalized spacial score (nSPS) is 10.2. The van der Waals surface area contributed by atoms with E-state index in [0.717, 1.165) is 5.56 Å². The van der Waals surface area contributed by atoms with E-state index in [9.17, 15) is 9.90 Å². The molecule has 0 spiro atoms. The van der Waals surface area contributed by atoms with E-state index >= 15 is 0 Å². The number of phenols is 1. The van der Waals surface area contributed by atoms with Crippen LogP contribution < -0.4 is 10.5 Å². The number of aromatic hydroxyl groups is 1. The molecule has 2 rings (SSSR count). The predicted molar refractivity (Wildman–Crippen MR) is 76.9 cm³/mol. The van der Waals surface area contributed by atoms with E-state index in [1.807, 2.05) is 30.3 Å². The smallest absolute Gasteiger partial charge is 0.168 e. The number of para-hydroxylation sites is 1. The summed E-state index contributed by atoms with van der Waals surface area (Å²) in [5.41, 5.74) is 6.60. The maximum absolute atomic E-state index is 11.8. The maximum Gasteiger partial charge on any atom is 0.168 e. The zero-order chi connectivity index (χ0) is 14.4. The van der Waals surface area contributed by atoms with E-state index in [1.54, 1.807) is 18.2 Å². The Labute approximate surface area is 117 Å². The molecule has 0 aliphatic carbocycles. The standard InChI is InChI=1S/C16H17NO3/c17-10-9-14(18)13-7-4-8-15(16(13)19)20-11-12-5-2-1-3-6-12/h1-8,19H,9-11,17H2. The first-order valence-corrected chi connectivity index (χ1v) is 6.44. The van der Waals surface area contributed by atoms with E-state index in [4.69, 9.17) is 10.5 Å². The fraction of sp³-hybridized carbons (Fsp3) is 0.188. The van der Waals surface area contributed by atoms with Crippen molar-refractivity contribution in [3.8, 4) is 11.5 Å². The molecule has 0 radical (unpaired) electrons. The Morgan fingerprint density at radius 2 is 1.85 bits per heavy atom. The molecule has 20 heavy (non-hydrogen) atoms. The Kier molecular flexibility index (Phi) is 4.74. The van der Waals surface area contributed by atoms with Gasteiger partial charge in [-0.3, -0.25) is 4.79 Å². The first kappa shape index (κ1) is 14.1. The van der Waals surface area contributed by atoms with Crippen LogP contribution in [-0.2, 0) is 6.61 Å². The van der Waals surface area contributed by atoms with Gasteiger partial charge in [0.05, 0.1) is 5.56 Å². The second kappa shape index (κ2) is 6.73. The first-order chi connectivity index (χ1) is 9.72. The van der Waals surface area contributed by atoms with Gasteiger partial charge in [0.2, 0.25) is 0 Å². The lowest BCUT2D eigenvalue weighted by molar-refractivity contribution is 0.0982. The molecule has 2 aromatic rings. The Hall–Kier alpha value is -2.33. The highest BCUT2D eigenvalue weighted by molar-refractivity contribution is 5.99. The van der Waals surface area contributed by atoms with Crippen molar-refractivity contribution in [2.75, 3.05) is 6.54 Å². The largest absolute Gasteiger partial charge is 0.504 e. The van der Waals surface area contributed by atoms with Gasteiger partial charge < -0.3 is 15.6 Å². The van der Waals surface area contributed by atoms with Crippen molar-refractivity contribution in [1.82, 2.24) is 0 Å². The highest BCUT2D eigenvalue weighted by Gasteiger charge is 2.14. The minimum absolute atomic E-state index is 0.123. The van der Waals surface area contributed by atoms with Gasteiger partial charge in [-0.25, -0.2) is 0 Å². The molecular formula is C16H17NO3. The number of phenolic OH excluding ortho intramolecular Hbond substituents is 1. The minimum atomic E-state index is -0.185. The molecule has 3 N–H and O–H groups in total. The monoisotopic (exact) mass is 271 g/mol. The van der Waals surface area contributed by atoms with Gasteiger partial charge in [0.25, 0.3) is 0 Å². The number of ketones is 1. The molecule has 2 aromatic carbocycles. The van der Waals surface area contributed by atoms with Gasteiger partial charge in [-0.1, -0.05) is 36.4 Å². The fourth-order valence-electron chi connectivity index (χ4n) is 1.86. The molecule has 0 aliphatic heterocycles. The van der Waals surface area contributed by atoms with Crippen LogP contribution in [0, 0.1) is 0 Å². The molecule has 0 saturated carbocycles. The van der Waals surface area contributed by atoms with Gasteiger partial charge in [0, 0.05) is 6.42 Å². The number of nitrogens with two attached hydrogens (primary N) is 1. The molecule has 0 bridgehead atoms. The SMILES string of the molecule is NCCC(=O)c1cccc(OCc2ccccc2)c1O. The van der Waals surface area contributed by atoms with Gasteiger partial charge in [0.1, 0.15) is 6.61 Å². The van der Waals surface area contributed by atoms with Crippen LogP contribution in [0.1, 0.15) is 22.3 Å². The van der Waals surface area contributed by atoms with Crippen molar-refractivity contribution in [3.63, 3.8) is 0 Å². The van der Waals surface area contributed by atoms with Crippen LogP contribution in [-0.4, -0.2) is 17.4 Å². The van der Waals surface area contributed by atoms with E-state index in [2.05, 4.69) is 0 Å². The third-order valence-corrected chi connectivity index (χ3v) is 2.91. The Balaban J connectivity index is 2.12. The van der Waals surface area contributed by atoms with Gasteiger partial charge >= 0.3 is 0 Å². The van der Waals surface area contributed by atoms with Crippen molar-refractivity contribution in [2.24, 2.45) is 5.73 Å². The minimum Gasteiger partial charge on any atom is -0.504 e. The van der Waals surface area contributed by atoms with Gasteiger partial charge in [-0.2, -0.15) is 0 Å². The highest BCUT2D eigenvalue weighted by atomic mass is 16.5.